The van der Waals surface area contributed by atoms with E-state index in [1.807, 2.05) is 6.92 Å². The Bertz CT molecular complexity index is 486. The molecule has 19 heavy (non-hydrogen) atoms. The Balaban J connectivity index is 2.11. The highest BCUT2D eigenvalue weighted by atomic mass is 16.4. The van der Waals surface area contributed by atoms with Crippen molar-refractivity contribution < 1.29 is 14.7 Å². The van der Waals surface area contributed by atoms with E-state index in [2.05, 4.69) is 10.3 Å². The van der Waals surface area contributed by atoms with Gasteiger partial charge in [0.05, 0.1) is 5.69 Å². The molecule has 1 saturated carbocycles. The Kier molecular flexibility index (Phi) is 3.99. The maximum absolute atomic E-state index is 12.2. The summed E-state index contributed by atoms with van der Waals surface area (Å²) in [6.45, 7) is 2.69. The average molecular weight is 263 g/mol. The molecule has 6 nitrogen and oxygen atoms in total. The number of amides is 2. The highest BCUT2D eigenvalue weighted by Crippen LogP contribution is 2.27. The predicted molar refractivity (Wildman–Crippen MR) is 70.2 cm³/mol. The van der Waals surface area contributed by atoms with Crippen molar-refractivity contribution in [3.8, 4) is 0 Å². The van der Waals surface area contributed by atoms with E-state index in [0.717, 1.165) is 19.3 Å². The number of carboxylic acid groups (broad SMARTS) is 1. The summed E-state index contributed by atoms with van der Waals surface area (Å²) in [5.74, 6) is -1.15. The van der Waals surface area contributed by atoms with Gasteiger partial charge in [-0.15, -0.1) is 0 Å². The fourth-order valence-electron chi connectivity index (χ4n) is 1.94. The number of aromatic nitrogens is 1. The molecular formula is C13H17N3O3. The lowest BCUT2D eigenvalue weighted by molar-refractivity contribution is 0.0691. The number of aromatic carboxylic acids is 1. The number of carbonyl (C=O) groups is 2. The Morgan fingerprint density at radius 1 is 1.53 bits per heavy atom. The van der Waals surface area contributed by atoms with Crippen LogP contribution < -0.4 is 5.32 Å². The van der Waals surface area contributed by atoms with E-state index in [-0.39, 0.29) is 17.4 Å². The van der Waals surface area contributed by atoms with E-state index in [0.29, 0.717) is 12.6 Å². The van der Waals surface area contributed by atoms with Crippen LogP contribution in [0.4, 0.5) is 10.5 Å². The molecule has 1 aliphatic carbocycles. The minimum atomic E-state index is -1.15. The number of hydrogen-bond donors (Lipinski definition) is 2. The lowest BCUT2D eigenvalue weighted by atomic mass is 10.3. The van der Waals surface area contributed by atoms with Crippen LogP contribution in [0.5, 0.6) is 0 Å². The van der Waals surface area contributed by atoms with Crippen LogP contribution >= 0.6 is 0 Å². The summed E-state index contributed by atoms with van der Waals surface area (Å²) in [6.07, 6.45) is 4.31. The van der Waals surface area contributed by atoms with Gasteiger partial charge >= 0.3 is 12.0 Å². The summed E-state index contributed by atoms with van der Waals surface area (Å²) in [4.78, 5) is 28.7. The molecular weight excluding hydrogens is 246 g/mol. The van der Waals surface area contributed by atoms with Crippen LogP contribution in [0.3, 0.4) is 0 Å². The number of carboxylic acids is 1. The second-order valence-corrected chi connectivity index (χ2v) is 4.56. The lowest BCUT2D eigenvalue weighted by Gasteiger charge is -2.22. The molecule has 1 fully saturated rings. The topological polar surface area (TPSA) is 82.5 Å². The second-order valence-electron chi connectivity index (χ2n) is 4.56. The fraction of sp³-hybridized carbons (Fsp3) is 0.462. The summed E-state index contributed by atoms with van der Waals surface area (Å²) in [7, 11) is 0. The van der Waals surface area contributed by atoms with Crippen LogP contribution in [0.1, 0.15) is 36.7 Å². The molecule has 2 rings (SSSR count). The van der Waals surface area contributed by atoms with Gasteiger partial charge in [-0.2, -0.15) is 0 Å². The first-order valence-corrected chi connectivity index (χ1v) is 6.39. The van der Waals surface area contributed by atoms with Crippen molar-refractivity contribution in [2.45, 2.75) is 32.2 Å². The first kappa shape index (κ1) is 13.3. The third-order valence-corrected chi connectivity index (χ3v) is 2.96. The third-order valence-electron chi connectivity index (χ3n) is 2.96. The van der Waals surface area contributed by atoms with Crippen molar-refractivity contribution >= 4 is 17.7 Å². The minimum absolute atomic E-state index is 0.136. The Morgan fingerprint density at radius 2 is 2.26 bits per heavy atom. The Labute approximate surface area is 111 Å². The largest absolute Gasteiger partial charge is 0.476 e. The SMILES string of the molecule is CCCN(C(=O)Nc1cccnc1C(=O)O)C1CC1. The van der Waals surface area contributed by atoms with Crippen molar-refractivity contribution in [1.82, 2.24) is 9.88 Å². The number of hydrogen-bond acceptors (Lipinski definition) is 3. The number of rotatable bonds is 5. The molecule has 0 radical (unpaired) electrons. The van der Waals surface area contributed by atoms with Gasteiger partial charge < -0.3 is 15.3 Å². The van der Waals surface area contributed by atoms with Crippen LogP contribution in [-0.4, -0.2) is 39.6 Å². The zero-order chi connectivity index (χ0) is 13.8. The average Bonchev–Trinajstić information content (AvgIpc) is 3.20. The van der Waals surface area contributed by atoms with Crippen LogP contribution in [0, 0.1) is 0 Å². The number of nitrogens with one attached hydrogen (secondary N) is 1. The maximum atomic E-state index is 12.2. The summed E-state index contributed by atoms with van der Waals surface area (Å²) < 4.78 is 0. The van der Waals surface area contributed by atoms with E-state index in [1.165, 1.54) is 6.20 Å². The van der Waals surface area contributed by atoms with E-state index in [1.54, 1.807) is 17.0 Å². The fourth-order valence-corrected chi connectivity index (χ4v) is 1.94. The monoisotopic (exact) mass is 263 g/mol. The molecule has 6 heteroatoms. The highest BCUT2D eigenvalue weighted by Gasteiger charge is 2.32. The number of anilines is 1. The third kappa shape index (κ3) is 3.21. The van der Waals surface area contributed by atoms with Crippen molar-refractivity contribution in [2.24, 2.45) is 0 Å². The number of nitrogens with zero attached hydrogens (tertiary/aromatic N) is 2. The van der Waals surface area contributed by atoms with Crippen molar-refractivity contribution in [3.05, 3.63) is 24.0 Å². The van der Waals surface area contributed by atoms with E-state index >= 15 is 0 Å². The summed E-state index contributed by atoms with van der Waals surface area (Å²) in [5.41, 5.74) is 0.102. The molecule has 1 aromatic rings. The summed E-state index contributed by atoms with van der Waals surface area (Å²) in [6, 6.07) is 3.19. The van der Waals surface area contributed by atoms with E-state index < -0.39 is 5.97 Å². The second kappa shape index (κ2) is 5.69. The first-order chi connectivity index (χ1) is 9.13. The van der Waals surface area contributed by atoms with E-state index in [9.17, 15) is 9.59 Å². The lowest BCUT2D eigenvalue weighted by Crippen LogP contribution is -2.37. The standard InChI is InChI=1S/C13H17N3O3/c1-2-8-16(9-5-6-9)13(19)15-10-4-3-7-14-11(10)12(17)18/h3-4,7,9H,2,5-6,8H2,1H3,(H,15,19)(H,17,18). The van der Waals surface area contributed by atoms with Gasteiger partial charge in [0, 0.05) is 18.8 Å². The van der Waals surface area contributed by atoms with Crippen molar-refractivity contribution in [3.63, 3.8) is 0 Å². The minimum Gasteiger partial charge on any atom is -0.476 e. The van der Waals surface area contributed by atoms with Gasteiger partial charge in [-0.05, 0) is 31.4 Å². The molecule has 0 aromatic carbocycles. The Morgan fingerprint density at radius 3 is 2.84 bits per heavy atom. The number of urea groups is 1. The molecule has 0 bridgehead atoms. The predicted octanol–water partition coefficient (Wildman–Crippen LogP) is 2.19. The molecule has 1 aromatic heterocycles. The quantitative estimate of drug-likeness (QED) is 0.853. The normalized spacial score (nSPS) is 13.9. The molecule has 0 spiro atoms. The smallest absolute Gasteiger partial charge is 0.356 e. The van der Waals surface area contributed by atoms with Crippen molar-refractivity contribution in [1.29, 1.82) is 0 Å². The molecule has 2 N–H and O–H groups in total. The first-order valence-electron chi connectivity index (χ1n) is 6.39. The van der Waals surface area contributed by atoms with Gasteiger partial charge in [0.2, 0.25) is 0 Å². The summed E-state index contributed by atoms with van der Waals surface area (Å²) in [5, 5.41) is 11.7. The molecule has 0 aliphatic heterocycles. The Hall–Kier alpha value is -2.11. The summed E-state index contributed by atoms with van der Waals surface area (Å²) >= 11 is 0. The molecule has 0 unspecified atom stereocenters. The van der Waals surface area contributed by atoms with Gasteiger partial charge in [-0.1, -0.05) is 6.92 Å². The van der Waals surface area contributed by atoms with Gasteiger partial charge in [0.1, 0.15) is 0 Å². The van der Waals surface area contributed by atoms with Crippen molar-refractivity contribution in [2.75, 3.05) is 11.9 Å². The molecule has 1 aliphatic rings. The van der Waals surface area contributed by atoms with Gasteiger partial charge in [0.15, 0.2) is 5.69 Å². The van der Waals surface area contributed by atoms with Crippen LogP contribution in [0.15, 0.2) is 18.3 Å². The van der Waals surface area contributed by atoms with Gasteiger partial charge in [-0.3, -0.25) is 0 Å². The number of carbonyl (C=O) groups excluding carboxylic acids is 1. The van der Waals surface area contributed by atoms with Crippen LogP contribution in [0.25, 0.3) is 0 Å². The van der Waals surface area contributed by atoms with E-state index in [4.69, 9.17) is 5.11 Å². The molecule has 0 saturated heterocycles. The molecule has 102 valence electrons. The van der Waals surface area contributed by atoms with Gasteiger partial charge in [-0.25, -0.2) is 14.6 Å². The molecule has 0 atom stereocenters. The zero-order valence-electron chi connectivity index (χ0n) is 10.8. The molecule has 2 amide bonds. The zero-order valence-corrected chi connectivity index (χ0v) is 10.8. The maximum Gasteiger partial charge on any atom is 0.356 e. The van der Waals surface area contributed by atoms with Gasteiger partial charge in [0.25, 0.3) is 0 Å². The van der Waals surface area contributed by atoms with Crippen LogP contribution in [0.2, 0.25) is 0 Å². The molecule has 1 heterocycles. The number of pyridine rings is 1. The highest BCUT2D eigenvalue weighted by molar-refractivity contribution is 5.98. The van der Waals surface area contributed by atoms with Crippen LogP contribution in [-0.2, 0) is 0 Å².